The standard InChI is InChI=1S/C14H11Cl2NO2/c1-2-19-11-5-3-4-9(6-11)14(18)13-12(16)7-10(15)8-17-13/h3-8H,2H2,1H3. The molecule has 2 rings (SSSR count). The maximum atomic E-state index is 12.3. The monoisotopic (exact) mass is 295 g/mol. The van der Waals surface area contributed by atoms with E-state index in [1.807, 2.05) is 6.92 Å². The molecule has 5 heteroatoms. The van der Waals surface area contributed by atoms with E-state index in [4.69, 9.17) is 27.9 Å². The maximum absolute atomic E-state index is 12.3. The Bertz CT molecular complexity index is 614. The highest BCUT2D eigenvalue weighted by Crippen LogP contribution is 2.22. The zero-order chi connectivity index (χ0) is 13.8. The lowest BCUT2D eigenvalue weighted by Gasteiger charge is -2.06. The van der Waals surface area contributed by atoms with Crippen LogP contribution >= 0.6 is 23.2 Å². The van der Waals surface area contributed by atoms with Crippen LogP contribution in [0.4, 0.5) is 0 Å². The summed E-state index contributed by atoms with van der Waals surface area (Å²) in [4.78, 5) is 16.3. The first-order chi connectivity index (χ1) is 9.11. The minimum Gasteiger partial charge on any atom is -0.494 e. The molecule has 1 aromatic heterocycles. The van der Waals surface area contributed by atoms with Crippen LogP contribution in [0.15, 0.2) is 36.5 Å². The number of benzene rings is 1. The van der Waals surface area contributed by atoms with Crippen molar-refractivity contribution in [2.75, 3.05) is 6.61 Å². The Balaban J connectivity index is 2.35. The quantitative estimate of drug-likeness (QED) is 0.800. The zero-order valence-electron chi connectivity index (χ0n) is 10.2. The zero-order valence-corrected chi connectivity index (χ0v) is 11.7. The van der Waals surface area contributed by atoms with Crippen LogP contribution in [0, 0.1) is 0 Å². The first-order valence-corrected chi connectivity index (χ1v) is 6.46. The van der Waals surface area contributed by atoms with Crippen molar-refractivity contribution < 1.29 is 9.53 Å². The lowest BCUT2D eigenvalue weighted by molar-refractivity contribution is 0.103. The Kier molecular flexibility index (Phi) is 4.40. The molecule has 2 aromatic rings. The van der Waals surface area contributed by atoms with E-state index in [0.717, 1.165) is 0 Å². The molecule has 0 bridgehead atoms. The van der Waals surface area contributed by atoms with E-state index in [2.05, 4.69) is 4.98 Å². The summed E-state index contributed by atoms with van der Waals surface area (Å²) in [5, 5.41) is 0.629. The predicted octanol–water partition coefficient (Wildman–Crippen LogP) is 4.02. The number of carbonyl (C=O) groups is 1. The summed E-state index contributed by atoms with van der Waals surface area (Å²) in [6, 6.07) is 8.39. The Morgan fingerprint density at radius 2 is 2.11 bits per heavy atom. The van der Waals surface area contributed by atoms with Crippen LogP contribution < -0.4 is 4.74 Å². The third kappa shape index (κ3) is 3.25. The van der Waals surface area contributed by atoms with Gasteiger partial charge in [-0.1, -0.05) is 35.3 Å². The second-order valence-electron chi connectivity index (χ2n) is 3.77. The minimum atomic E-state index is -0.261. The normalized spacial score (nSPS) is 10.3. The van der Waals surface area contributed by atoms with Crippen molar-refractivity contribution in [1.82, 2.24) is 4.98 Å². The Morgan fingerprint density at radius 1 is 1.32 bits per heavy atom. The van der Waals surface area contributed by atoms with Crippen molar-refractivity contribution in [2.24, 2.45) is 0 Å². The summed E-state index contributed by atoms with van der Waals surface area (Å²) in [6.07, 6.45) is 1.40. The molecule has 0 amide bonds. The number of rotatable bonds is 4. The summed E-state index contributed by atoms with van der Waals surface area (Å²) >= 11 is 11.7. The van der Waals surface area contributed by atoms with Gasteiger partial charge in [0.25, 0.3) is 0 Å². The van der Waals surface area contributed by atoms with E-state index in [9.17, 15) is 4.79 Å². The van der Waals surface area contributed by atoms with Crippen LogP contribution in [0.1, 0.15) is 23.0 Å². The lowest BCUT2D eigenvalue weighted by atomic mass is 10.1. The molecule has 0 aliphatic rings. The van der Waals surface area contributed by atoms with Gasteiger partial charge < -0.3 is 4.74 Å². The van der Waals surface area contributed by atoms with Crippen LogP contribution in [0.5, 0.6) is 5.75 Å². The fourth-order valence-corrected chi connectivity index (χ4v) is 2.08. The molecule has 0 N–H and O–H groups in total. The van der Waals surface area contributed by atoms with Crippen LogP contribution in [0.2, 0.25) is 10.0 Å². The third-order valence-corrected chi connectivity index (χ3v) is 2.92. The number of halogens is 2. The highest BCUT2D eigenvalue weighted by molar-refractivity contribution is 6.37. The molecule has 0 saturated heterocycles. The number of carbonyl (C=O) groups excluding carboxylic acids is 1. The van der Waals surface area contributed by atoms with E-state index < -0.39 is 0 Å². The molecule has 0 atom stereocenters. The van der Waals surface area contributed by atoms with Gasteiger partial charge in [0.05, 0.1) is 16.7 Å². The van der Waals surface area contributed by atoms with E-state index in [1.165, 1.54) is 12.3 Å². The number of ketones is 1. The fourth-order valence-electron chi connectivity index (χ4n) is 1.61. The Labute approximate surface area is 121 Å². The molecule has 0 aliphatic heterocycles. The SMILES string of the molecule is CCOc1cccc(C(=O)c2ncc(Cl)cc2Cl)c1. The van der Waals surface area contributed by atoms with Gasteiger partial charge in [0, 0.05) is 11.8 Å². The van der Waals surface area contributed by atoms with Crippen LogP contribution in [0.3, 0.4) is 0 Å². The molecule has 0 fully saturated rings. The number of pyridine rings is 1. The maximum Gasteiger partial charge on any atom is 0.213 e. The van der Waals surface area contributed by atoms with Gasteiger partial charge in [-0.05, 0) is 25.1 Å². The Hall–Kier alpha value is -1.58. The molecule has 0 unspecified atom stereocenters. The fraction of sp³-hybridized carbons (Fsp3) is 0.143. The highest BCUT2D eigenvalue weighted by atomic mass is 35.5. The molecule has 0 radical (unpaired) electrons. The van der Waals surface area contributed by atoms with Gasteiger partial charge in [0.2, 0.25) is 5.78 Å². The molecule has 3 nitrogen and oxygen atoms in total. The molecule has 1 heterocycles. The topological polar surface area (TPSA) is 39.2 Å². The summed E-state index contributed by atoms with van der Waals surface area (Å²) in [6.45, 7) is 2.42. The molecular formula is C14H11Cl2NO2. The largest absolute Gasteiger partial charge is 0.494 e. The minimum absolute atomic E-state index is 0.180. The number of aromatic nitrogens is 1. The Morgan fingerprint density at radius 3 is 2.79 bits per heavy atom. The first kappa shape index (κ1) is 13.8. The van der Waals surface area contributed by atoms with Crippen molar-refractivity contribution in [1.29, 1.82) is 0 Å². The second kappa shape index (κ2) is 6.04. The van der Waals surface area contributed by atoms with Gasteiger partial charge in [-0.25, -0.2) is 4.98 Å². The van der Waals surface area contributed by atoms with Gasteiger partial charge in [-0.15, -0.1) is 0 Å². The number of nitrogens with zero attached hydrogens (tertiary/aromatic N) is 1. The van der Waals surface area contributed by atoms with E-state index in [0.29, 0.717) is 22.9 Å². The number of hydrogen-bond donors (Lipinski definition) is 0. The van der Waals surface area contributed by atoms with Gasteiger partial charge in [0.15, 0.2) is 0 Å². The van der Waals surface area contributed by atoms with Crippen LogP contribution in [-0.4, -0.2) is 17.4 Å². The average molecular weight is 296 g/mol. The molecule has 1 aromatic carbocycles. The van der Waals surface area contributed by atoms with Crippen LogP contribution in [-0.2, 0) is 0 Å². The number of hydrogen-bond acceptors (Lipinski definition) is 3. The smallest absolute Gasteiger partial charge is 0.213 e. The molecule has 0 spiro atoms. The van der Waals surface area contributed by atoms with Crippen LogP contribution in [0.25, 0.3) is 0 Å². The van der Waals surface area contributed by atoms with Gasteiger partial charge >= 0.3 is 0 Å². The molecule has 0 saturated carbocycles. The summed E-state index contributed by atoms with van der Waals surface area (Å²) < 4.78 is 5.36. The average Bonchev–Trinajstić information content (AvgIpc) is 2.39. The van der Waals surface area contributed by atoms with E-state index >= 15 is 0 Å². The molecule has 19 heavy (non-hydrogen) atoms. The van der Waals surface area contributed by atoms with Crippen molar-refractivity contribution >= 4 is 29.0 Å². The second-order valence-corrected chi connectivity index (χ2v) is 4.62. The lowest BCUT2D eigenvalue weighted by Crippen LogP contribution is -2.05. The highest BCUT2D eigenvalue weighted by Gasteiger charge is 2.15. The van der Waals surface area contributed by atoms with Crippen molar-refractivity contribution in [3.63, 3.8) is 0 Å². The van der Waals surface area contributed by atoms with Crippen molar-refractivity contribution in [3.05, 3.63) is 57.8 Å². The van der Waals surface area contributed by atoms with E-state index in [-0.39, 0.29) is 16.5 Å². The molecular weight excluding hydrogens is 285 g/mol. The summed E-state index contributed by atoms with van der Waals surface area (Å²) in [5.74, 6) is 0.377. The predicted molar refractivity (Wildman–Crippen MR) is 75.3 cm³/mol. The van der Waals surface area contributed by atoms with Crippen molar-refractivity contribution in [2.45, 2.75) is 6.92 Å². The summed E-state index contributed by atoms with van der Waals surface area (Å²) in [5.41, 5.74) is 0.655. The number of ether oxygens (including phenoxy) is 1. The third-order valence-electron chi connectivity index (χ3n) is 2.43. The molecule has 0 aliphatic carbocycles. The van der Waals surface area contributed by atoms with Crippen molar-refractivity contribution in [3.8, 4) is 5.75 Å². The van der Waals surface area contributed by atoms with Gasteiger partial charge in [-0.2, -0.15) is 0 Å². The van der Waals surface area contributed by atoms with Gasteiger partial charge in [-0.3, -0.25) is 4.79 Å². The van der Waals surface area contributed by atoms with Gasteiger partial charge in [0.1, 0.15) is 11.4 Å². The first-order valence-electron chi connectivity index (χ1n) is 5.70. The molecule has 98 valence electrons. The van der Waals surface area contributed by atoms with E-state index in [1.54, 1.807) is 24.3 Å². The summed E-state index contributed by atoms with van der Waals surface area (Å²) in [7, 11) is 0.